The van der Waals surface area contributed by atoms with Crippen molar-refractivity contribution < 1.29 is 33.4 Å². The van der Waals surface area contributed by atoms with E-state index in [-0.39, 0.29) is 49.3 Å². The van der Waals surface area contributed by atoms with Gasteiger partial charge in [0.2, 0.25) is 17.7 Å². The molecule has 4 aliphatic rings. The van der Waals surface area contributed by atoms with Gasteiger partial charge in [0.1, 0.15) is 17.2 Å². The van der Waals surface area contributed by atoms with Gasteiger partial charge in [-0.25, -0.2) is 5.43 Å². The SMILES string of the molecule is C=CC(=O)N1CC[C@]([SiH3])(C(=O)N(C)[C@H](C(=O)N[C@H]2Cc3cccc(c3)-c3ccc4c(c3)c(c(-c3cc5c(nc3[C@H](C)OC)CCN(C)C5)n4CC)CC(C)(C)COC(=O)[C@@]3([SiH3])CCCN(N3)C2=O)C(C)C)C1. The second kappa shape index (κ2) is 20.8. The van der Waals surface area contributed by atoms with Gasteiger partial charge in [-0.3, -0.25) is 34.0 Å². The molecule has 2 N–H and O–H groups in total. The number of esters is 1. The molecule has 15 nitrogen and oxygen atoms in total. The molecule has 386 valence electrons. The van der Waals surface area contributed by atoms with Crippen molar-refractivity contribution in [1.82, 2.24) is 40.0 Å². The largest absolute Gasteiger partial charge is 0.464 e. The highest BCUT2D eigenvalue weighted by atomic mass is 28.1. The van der Waals surface area contributed by atoms with E-state index in [1.54, 1.807) is 19.1 Å². The van der Waals surface area contributed by atoms with Crippen LogP contribution in [0, 0.1) is 11.3 Å². The van der Waals surface area contributed by atoms with Crippen LogP contribution in [0.3, 0.4) is 0 Å². The molecule has 72 heavy (non-hydrogen) atoms. The number of carbonyl (C=O) groups is 5. The van der Waals surface area contributed by atoms with Gasteiger partial charge in [-0.05, 0) is 105 Å². The van der Waals surface area contributed by atoms with Crippen LogP contribution in [-0.4, -0.2) is 151 Å². The monoisotopic (exact) mass is 1020 g/mol. The number of hydrazine groups is 1. The lowest BCUT2D eigenvalue weighted by Gasteiger charge is -2.42. The van der Waals surface area contributed by atoms with Crippen LogP contribution in [0.1, 0.15) is 95.0 Å². The number of fused-ring (bicyclic) bond motifs is 7. The van der Waals surface area contributed by atoms with Crippen LogP contribution in [0.4, 0.5) is 0 Å². The Kier molecular flexibility index (Phi) is 15.3. The van der Waals surface area contributed by atoms with Crippen molar-refractivity contribution >= 4 is 61.0 Å². The minimum atomic E-state index is -1.09. The summed E-state index contributed by atoms with van der Waals surface area (Å²) in [4.78, 5) is 82.0. The van der Waals surface area contributed by atoms with Crippen molar-refractivity contribution in [2.75, 3.05) is 54.0 Å². The zero-order chi connectivity index (χ0) is 52.0. The van der Waals surface area contributed by atoms with Crippen molar-refractivity contribution in [2.45, 2.75) is 122 Å². The summed E-state index contributed by atoms with van der Waals surface area (Å²) in [7, 11) is 6.36. The quantitative estimate of drug-likeness (QED) is 0.136. The standard InChI is InChI=1S/C55H76N8O7Si2/c1-11-45(64)61-24-21-54(71,31-61)51(67)60(9)47(33(3)4)49(65)57-43-26-35-15-13-16-36(25-35)37-17-18-44-39(27-37)41(29-53(6,7)32-70-52(68)55(72)20-14-22-63(58-55)50(43)66)48(62(44)12-2)40-28-38-30-59(8)23-19-42(38)56-46(40)34(5)69-10/h11,13,15-18,25,27-28,33-34,43,47,58H,1,12,14,19-24,26,29-32H2,2-10,71-72H3,(H,57,65)/t34-,43-,47-,54+,55-/m0/s1. The van der Waals surface area contributed by atoms with Crippen molar-refractivity contribution in [3.05, 3.63) is 89.3 Å². The maximum absolute atomic E-state index is 15.0. The van der Waals surface area contributed by atoms with E-state index >= 15 is 0 Å². The van der Waals surface area contributed by atoms with Gasteiger partial charge in [0.15, 0.2) is 0 Å². The second-order valence-corrected chi connectivity index (χ2v) is 26.1. The fourth-order valence-electron chi connectivity index (χ4n) is 11.6. The summed E-state index contributed by atoms with van der Waals surface area (Å²) < 4.78 is 14.8. The smallest absolute Gasteiger partial charge is 0.323 e. The first-order chi connectivity index (χ1) is 34.1. The molecule has 0 aliphatic carbocycles. The molecule has 2 aromatic heterocycles. The van der Waals surface area contributed by atoms with Gasteiger partial charge in [-0.2, -0.15) is 0 Å². The summed E-state index contributed by atoms with van der Waals surface area (Å²) >= 11 is 0. The first-order valence-corrected chi connectivity index (χ1v) is 27.8. The Bertz CT molecular complexity index is 2790. The molecule has 2 aromatic carbocycles. The van der Waals surface area contributed by atoms with E-state index in [1.165, 1.54) is 21.5 Å². The fourth-order valence-corrected chi connectivity index (χ4v) is 13.3. The zero-order valence-electron chi connectivity index (χ0n) is 44.4. The van der Waals surface area contributed by atoms with Crippen molar-refractivity contribution in [1.29, 1.82) is 0 Å². The maximum atomic E-state index is 15.0. The average Bonchev–Trinajstić information content (AvgIpc) is 3.91. The number of methoxy groups -OCH3 is 1. The molecule has 2 fully saturated rings. The number of likely N-dealkylation sites (N-methyl/N-ethyl adjacent to an activating group) is 2. The Labute approximate surface area is 431 Å². The molecule has 8 rings (SSSR count). The van der Waals surface area contributed by atoms with Crippen LogP contribution in [-0.2, 0) is 65.8 Å². The van der Waals surface area contributed by atoms with E-state index in [0.29, 0.717) is 65.8 Å². The highest BCUT2D eigenvalue weighted by molar-refractivity contribution is 6.29. The number of ether oxygens (including phenoxy) is 2. The molecule has 5 atom stereocenters. The van der Waals surface area contributed by atoms with Gasteiger partial charge >= 0.3 is 5.97 Å². The summed E-state index contributed by atoms with van der Waals surface area (Å²) in [5.74, 6) is -1.94. The number of amides is 4. The molecular weight excluding hydrogens is 941 g/mol. The number of hydrogen-bond donors (Lipinski definition) is 2. The molecule has 0 unspecified atom stereocenters. The molecule has 6 heterocycles. The number of carbonyl (C=O) groups excluding carboxylic acids is 5. The number of likely N-dealkylation sites (tertiary alicyclic amines) is 1. The molecular formula is C55H76N8O7Si2. The lowest BCUT2D eigenvalue weighted by molar-refractivity contribution is -0.158. The van der Waals surface area contributed by atoms with Crippen LogP contribution >= 0.6 is 0 Å². The molecule has 0 spiro atoms. The number of pyridine rings is 1. The summed E-state index contributed by atoms with van der Waals surface area (Å²) in [6.45, 7) is 19.6. The molecule has 0 saturated carbocycles. The molecule has 0 radical (unpaired) electrons. The highest BCUT2D eigenvalue weighted by Crippen LogP contribution is 2.43. The normalized spacial score (nSPS) is 23.6. The fraction of sp³-hybridized carbons (Fsp3) is 0.527. The number of aromatic nitrogens is 2. The third-order valence-corrected chi connectivity index (χ3v) is 18.1. The number of nitrogens with one attached hydrogen (secondary N) is 2. The van der Waals surface area contributed by atoms with Crippen LogP contribution in [0.5, 0.6) is 0 Å². The molecule has 2 saturated heterocycles. The topological polar surface area (TPSA) is 159 Å². The molecule has 6 bridgehead atoms. The Morgan fingerprint density at radius 3 is 2.51 bits per heavy atom. The van der Waals surface area contributed by atoms with Gasteiger partial charge in [0.05, 0.1) is 29.1 Å². The minimum Gasteiger partial charge on any atom is -0.464 e. The molecule has 4 aliphatic heterocycles. The Morgan fingerprint density at radius 2 is 1.81 bits per heavy atom. The number of benzene rings is 2. The van der Waals surface area contributed by atoms with E-state index in [1.807, 2.05) is 26.0 Å². The van der Waals surface area contributed by atoms with Gasteiger partial charge < -0.3 is 34.1 Å². The first-order valence-electron chi connectivity index (χ1n) is 25.8. The van der Waals surface area contributed by atoms with Crippen LogP contribution < -0.4 is 10.7 Å². The first kappa shape index (κ1) is 52.8. The maximum Gasteiger partial charge on any atom is 0.323 e. The number of cyclic esters (lactones) is 1. The van der Waals surface area contributed by atoms with Gasteiger partial charge in [0, 0.05) is 114 Å². The third kappa shape index (κ3) is 10.4. The van der Waals surface area contributed by atoms with Crippen LogP contribution in [0.2, 0.25) is 5.04 Å². The van der Waals surface area contributed by atoms with E-state index < -0.39 is 39.6 Å². The zero-order valence-corrected chi connectivity index (χ0v) is 48.4. The number of hydrogen-bond acceptors (Lipinski definition) is 10. The summed E-state index contributed by atoms with van der Waals surface area (Å²) in [6, 6.07) is 15.1. The highest BCUT2D eigenvalue weighted by Gasteiger charge is 2.47. The van der Waals surface area contributed by atoms with Gasteiger partial charge in [-0.1, -0.05) is 64.6 Å². The minimum absolute atomic E-state index is 0.144. The van der Waals surface area contributed by atoms with Crippen molar-refractivity contribution in [3.63, 3.8) is 0 Å². The second-order valence-electron chi connectivity index (χ2n) is 22.5. The molecule has 4 amide bonds. The summed E-state index contributed by atoms with van der Waals surface area (Å²) in [5, 5.41) is 3.86. The van der Waals surface area contributed by atoms with Gasteiger partial charge in [-0.15, -0.1) is 0 Å². The number of nitrogens with zero attached hydrogens (tertiary/aromatic N) is 6. The Balaban J connectivity index is 1.22. The summed E-state index contributed by atoms with van der Waals surface area (Å²) in [5.41, 5.74) is 13.2. The van der Waals surface area contributed by atoms with E-state index in [4.69, 9.17) is 14.5 Å². The number of rotatable bonds is 10. The van der Waals surface area contributed by atoms with E-state index in [2.05, 4.69) is 97.9 Å². The van der Waals surface area contributed by atoms with E-state index in [0.717, 1.165) is 75.3 Å². The Morgan fingerprint density at radius 1 is 1.06 bits per heavy atom. The molecule has 17 heteroatoms. The lowest BCUT2D eigenvalue weighted by atomic mass is 9.83. The third-order valence-electron chi connectivity index (χ3n) is 15.7. The van der Waals surface area contributed by atoms with Crippen molar-refractivity contribution in [3.8, 4) is 22.4 Å². The summed E-state index contributed by atoms with van der Waals surface area (Å²) in [6.07, 6.45) is 4.19. The number of aryl methyl sites for hydroxylation is 1. The predicted molar refractivity (Wildman–Crippen MR) is 288 cm³/mol. The van der Waals surface area contributed by atoms with Gasteiger partial charge in [0.25, 0.3) is 5.91 Å². The predicted octanol–water partition coefficient (Wildman–Crippen LogP) is 3.85. The lowest BCUT2D eigenvalue weighted by Crippen LogP contribution is -2.67. The van der Waals surface area contributed by atoms with Crippen LogP contribution in [0.25, 0.3) is 33.3 Å². The average molecular weight is 1020 g/mol. The van der Waals surface area contributed by atoms with E-state index in [9.17, 15) is 24.0 Å². The molecule has 4 aromatic rings. The van der Waals surface area contributed by atoms with Crippen LogP contribution in [0.15, 0.2) is 61.2 Å². The van der Waals surface area contributed by atoms with Crippen molar-refractivity contribution in [2.24, 2.45) is 11.3 Å². The Hall–Kier alpha value is -5.47.